The molecule has 8 heteroatoms. The smallest absolute Gasteiger partial charge is 0.241 e. The van der Waals surface area contributed by atoms with Crippen LogP contribution in [0, 0.1) is 0 Å². The van der Waals surface area contributed by atoms with Gasteiger partial charge in [0.05, 0.1) is 23.5 Å². The lowest BCUT2D eigenvalue weighted by Crippen LogP contribution is -2.46. The maximum absolute atomic E-state index is 12.5. The molecule has 6 nitrogen and oxygen atoms in total. The molecule has 0 atom stereocenters. The highest BCUT2D eigenvalue weighted by Crippen LogP contribution is 2.26. The number of piperidine rings is 1. The molecule has 1 N–H and O–H groups in total. The lowest BCUT2D eigenvalue weighted by atomic mass is 10.0. The maximum Gasteiger partial charge on any atom is 0.241 e. The van der Waals surface area contributed by atoms with Crippen molar-refractivity contribution in [2.75, 3.05) is 32.0 Å². The first-order valence-corrected chi connectivity index (χ1v) is 9.72. The summed E-state index contributed by atoms with van der Waals surface area (Å²) < 4.78 is 0. The minimum absolute atomic E-state index is 0.000421. The van der Waals surface area contributed by atoms with Gasteiger partial charge >= 0.3 is 0 Å². The van der Waals surface area contributed by atoms with Crippen molar-refractivity contribution in [3.05, 3.63) is 52.3 Å². The molecule has 2 heterocycles. The fourth-order valence-electron chi connectivity index (χ4n) is 3.30. The van der Waals surface area contributed by atoms with Crippen LogP contribution in [0.15, 0.2) is 36.5 Å². The number of likely N-dealkylation sites (tertiary alicyclic amines) is 1. The number of hydrogen-bond donors (Lipinski definition) is 1. The molecule has 0 bridgehead atoms. The number of amides is 1. The van der Waals surface area contributed by atoms with Crippen molar-refractivity contribution in [1.82, 2.24) is 20.0 Å². The van der Waals surface area contributed by atoms with E-state index in [2.05, 4.69) is 44.7 Å². The number of nitrogens with zero attached hydrogens (tertiary/aromatic N) is 4. The monoisotopic (exact) mass is 407 g/mol. The normalized spacial score (nSPS) is 15.5. The minimum Gasteiger partial charge on any atom is -0.372 e. The molecule has 3 rings (SSSR count). The third-order valence-electron chi connectivity index (χ3n) is 4.93. The van der Waals surface area contributed by atoms with Gasteiger partial charge in [0.2, 0.25) is 5.91 Å². The molecule has 2 aromatic rings. The first-order valence-electron chi connectivity index (χ1n) is 8.97. The van der Waals surface area contributed by atoms with Crippen LogP contribution < -0.4 is 5.32 Å². The van der Waals surface area contributed by atoms with E-state index in [9.17, 15) is 4.79 Å². The Morgan fingerprint density at radius 3 is 2.63 bits per heavy atom. The predicted molar refractivity (Wildman–Crippen MR) is 108 cm³/mol. The number of benzene rings is 1. The molecule has 1 aliphatic rings. The van der Waals surface area contributed by atoms with Gasteiger partial charge in [-0.05, 0) is 18.4 Å². The average Bonchev–Trinajstić information content (AvgIpc) is 2.68. The van der Waals surface area contributed by atoms with Crippen molar-refractivity contribution in [1.29, 1.82) is 0 Å². The first kappa shape index (κ1) is 19.9. The molecule has 0 aliphatic carbocycles. The topological polar surface area (TPSA) is 61.4 Å². The molecule has 0 saturated carbocycles. The van der Waals surface area contributed by atoms with Gasteiger partial charge in [0.15, 0.2) is 5.15 Å². The molecule has 0 radical (unpaired) electrons. The summed E-state index contributed by atoms with van der Waals surface area (Å²) in [6.07, 6.45) is 3.33. The van der Waals surface area contributed by atoms with E-state index >= 15 is 0 Å². The van der Waals surface area contributed by atoms with Crippen molar-refractivity contribution in [3.8, 4) is 0 Å². The van der Waals surface area contributed by atoms with E-state index in [1.165, 1.54) is 11.8 Å². The van der Waals surface area contributed by atoms with Crippen LogP contribution in [0.25, 0.3) is 0 Å². The second-order valence-corrected chi connectivity index (χ2v) is 7.47. The Kier molecular flexibility index (Phi) is 6.88. The molecular formula is C19H23Cl2N5O. The van der Waals surface area contributed by atoms with Gasteiger partial charge in [-0.15, -0.1) is 5.10 Å². The molecule has 1 amide bonds. The van der Waals surface area contributed by atoms with Crippen molar-refractivity contribution in [2.24, 2.45) is 0 Å². The molecule has 1 aromatic carbocycles. The SMILES string of the molecule is CN(C(=O)CNc1c(Cl)cnnc1Cl)C1CCN(Cc2ccccc2)CC1. The van der Waals surface area contributed by atoms with Gasteiger partial charge in [-0.2, -0.15) is 5.10 Å². The summed E-state index contributed by atoms with van der Waals surface area (Å²) in [5.41, 5.74) is 1.76. The summed E-state index contributed by atoms with van der Waals surface area (Å²) in [6, 6.07) is 10.7. The van der Waals surface area contributed by atoms with Crippen molar-refractivity contribution in [2.45, 2.75) is 25.4 Å². The molecule has 0 unspecified atom stereocenters. The fraction of sp³-hybridized carbons (Fsp3) is 0.421. The second kappa shape index (κ2) is 9.35. The number of carbonyl (C=O) groups excluding carboxylic acids is 1. The summed E-state index contributed by atoms with van der Waals surface area (Å²) >= 11 is 12.0. The molecule has 1 saturated heterocycles. The van der Waals surface area contributed by atoms with E-state index < -0.39 is 0 Å². The van der Waals surface area contributed by atoms with Gasteiger partial charge in [-0.3, -0.25) is 9.69 Å². The van der Waals surface area contributed by atoms with Crippen molar-refractivity contribution in [3.63, 3.8) is 0 Å². The van der Waals surface area contributed by atoms with Gasteiger partial charge in [-0.1, -0.05) is 53.5 Å². The Morgan fingerprint density at radius 2 is 1.96 bits per heavy atom. The van der Waals surface area contributed by atoms with Crippen LogP contribution in [0.2, 0.25) is 10.2 Å². The number of likely N-dealkylation sites (N-methyl/N-ethyl adjacent to an activating group) is 1. The molecule has 1 aromatic heterocycles. The van der Waals surface area contributed by atoms with Crippen LogP contribution in [0.5, 0.6) is 0 Å². The van der Waals surface area contributed by atoms with E-state index in [1.54, 1.807) is 0 Å². The number of aromatic nitrogens is 2. The molecule has 0 spiro atoms. The summed E-state index contributed by atoms with van der Waals surface area (Å²) in [7, 11) is 1.86. The van der Waals surface area contributed by atoms with Crippen LogP contribution in [0.4, 0.5) is 5.69 Å². The average molecular weight is 408 g/mol. The minimum atomic E-state index is 0.000421. The Labute approximate surface area is 169 Å². The van der Waals surface area contributed by atoms with Gasteiger partial charge in [0.1, 0.15) is 0 Å². The van der Waals surface area contributed by atoms with Crippen LogP contribution in [-0.4, -0.2) is 58.6 Å². The standard InChI is InChI=1S/C19H23Cl2N5O/c1-25(17(27)12-22-18-16(20)11-23-24-19(18)21)15-7-9-26(10-8-15)13-14-5-3-2-4-6-14/h2-6,11,15H,7-10,12-13H2,1H3,(H,22,23). The van der Waals surface area contributed by atoms with Gasteiger partial charge in [0.25, 0.3) is 0 Å². The zero-order valence-electron chi connectivity index (χ0n) is 15.2. The van der Waals surface area contributed by atoms with Gasteiger partial charge in [0, 0.05) is 32.7 Å². The highest BCUT2D eigenvalue weighted by molar-refractivity contribution is 6.38. The van der Waals surface area contributed by atoms with E-state index in [1.807, 2.05) is 18.0 Å². The van der Waals surface area contributed by atoms with Crippen LogP contribution in [0.3, 0.4) is 0 Å². The highest BCUT2D eigenvalue weighted by atomic mass is 35.5. The van der Waals surface area contributed by atoms with Crippen LogP contribution in [-0.2, 0) is 11.3 Å². The lowest BCUT2D eigenvalue weighted by molar-refractivity contribution is -0.130. The van der Waals surface area contributed by atoms with E-state index in [0.717, 1.165) is 32.5 Å². The number of nitrogens with one attached hydrogen (secondary N) is 1. The first-order chi connectivity index (χ1) is 13.0. The molecule has 1 aliphatic heterocycles. The maximum atomic E-state index is 12.5. The largest absolute Gasteiger partial charge is 0.372 e. The zero-order valence-corrected chi connectivity index (χ0v) is 16.7. The van der Waals surface area contributed by atoms with Crippen LogP contribution in [0.1, 0.15) is 18.4 Å². The zero-order chi connectivity index (χ0) is 19.2. The number of hydrogen-bond acceptors (Lipinski definition) is 5. The third kappa shape index (κ3) is 5.31. The molecule has 1 fully saturated rings. The highest BCUT2D eigenvalue weighted by Gasteiger charge is 2.25. The summed E-state index contributed by atoms with van der Waals surface area (Å²) in [5.74, 6) is 0.000421. The summed E-state index contributed by atoms with van der Waals surface area (Å²) in [4.78, 5) is 16.8. The Balaban J connectivity index is 1.47. The van der Waals surface area contributed by atoms with E-state index in [-0.39, 0.29) is 23.6 Å². The number of halogens is 2. The number of rotatable bonds is 6. The Morgan fingerprint density at radius 1 is 1.26 bits per heavy atom. The van der Waals surface area contributed by atoms with E-state index in [4.69, 9.17) is 23.2 Å². The number of carbonyl (C=O) groups is 1. The molecular weight excluding hydrogens is 385 g/mol. The number of anilines is 1. The fourth-order valence-corrected chi connectivity index (χ4v) is 3.76. The summed E-state index contributed by atoms with van der Waals surface area (Å²) in [6.45, 7) is 3.04. The third-order valence-corrected chi connectivity index (χ3v) is 5.48. The van der Waals surface area contributed by atoms with E-state index in [0.29, 0.717) is 10.7 Å². The van der Waals surface area contributed by atoms with Crippen molar-refractivity contribution >= 4 is 34.8 Å². The Bertz CT molecular complexity index is 746. The van der Waals surface area contributed by atoms with Gasteiger partial charge < -0.3 is 10.2 Å². The summed E-state index contributed by atoms with van der Waals surface area (Å²) in [5, 5.41) is 10.9. The second-order valence-electron chi connectivity index (χ2n) is 6.71. The lowest BCUT2D eigenvalue weighted by Gasteiger charge is -2.37. The molecule has 144 valence electrons. The van der Waals surface area contributed by atoms with Crippen LogP contribution >= 0.6 is 23.2 Å². The Hall–Kier alpha value is -1.89. The predicted octanol–water partition coefficient (Wildman–Crippen LogP) is 3.32. The van der Waals surface area contributed by atoms with Crippen molar-refractivity contribution < 1.29 is 4.79 Å². The van der Waals surface area contributed by atoms with Gasteiger partial charge in [-0.25, -0.2) is 0 Å². The molecule has 27 heavy (non-hydrogen) atoms. The quantitative estimate of drug-likeness (QED) is 0.795.